The molecule has 0 atom stereocenters. The molecule has 7 nitrogen and oxygen atoms in total. The highest BCUT2D eigenvalue weighted by molar-refractivity contribution is 7.89. The van der Waals surface area contributed by atoms with Gasteiger partial charge in [0.2, 0.25) is 10.0 Å². The number of alkyl halides is 3. The predicted molar refractivity (Wildman–Crippen MR) is 62.4 cm³/mol. The minimum atomic E-state index is -4.84. The van der Waals surface area contributed by atoms with E-state index >= 15 is 0 Å². The van der Waals surface area contributed by atoms with E-state index in [9.17, 15) is 21.6 Å². The van der Waals surface area contributed by atoms with Crippen LogP contribution in [0.3, 0.4) is 0 Å². The molecule has 0 fully saturated rings. The summed E-state index contributed by atoms with van der Waals surface area (Å²) >= 11 is 0. The van der Waals surface area contributed by atoms with Crippen LogP contribution in [-0.4, -0.2) is 23.4 Å². The molecule has 1 aromatic heterocycles. The third-order valence-electron chi connectivity index (χ3n) is 2.45. The molecule has 110 valence electrons. The molecule has 0 bridgehead atoms. The van der Waals surface area contributed by atoms with Gasteiger partial charge < -0.3 is 0 Å². The molecule has 0 amide bonds. The first-order valence-electron chi connectivity index (χ1n) is 5.21. The van der Waals surface area contributed by atoms with Crippen LogP contribution in [0.15, 0.2) is 29.2 Å². The van der Waals surface area contributed by atoms with Gasteiger partial charge in [0.05, 0.1) is 10.6 Å². The Morgan fingerprint density at radius 3 is 2.24 bits per heavy atom. The Morgan fingerprint density at radius 2 is 1.81 bits per heavy atom. The Hall–Kier alpha value is -2.45. The number of primary sulfonamides is 1. The molecule has 0 saturated heterocycles. The van der Waals surface area contributed by atoms with E-state index in [1.165, 1.54) is 6.07 Å². The summed E-state index contributed by atoms with van der Waals surface area (Å²) in [6.45, 7) is 0. The van der Waals surface area contributed by atoms with Gasteiger partial charge in [-0.05, 0) is 24.3 Å². The van der Waals surface area contributed by atoms with Gasteiger partial charge in [-0.3, -0.25) is 0 Å². The van der Waals surface area contributed by atoms with Crippen LogP contribution in [0.25, 0.3) is 5.69 Å². The Balaban J connectivity index is 2.59. The van der Waals surface area contributed by atoms with Crippen LogP contribution in [0.5, 0.6) is 0 Å². The SMILES string of the molecule is N#Cc1nnn(-c2ccc(S(N)(=O)=O)cc2)c1C(F)(F)F. The lowest BCUT2D eigenvalue weighted by Crippen LogP contribution is -2.15. The Labute approximate surface area is 116 Å². The summed E-state index contributed by atoms with van der Waals surface area (Å²) in [6.07, 6.45) is -4.84. The second-order valence-corrected chi connectivity index (χ2v) is 5.41. The zero-order chi connectivity index (χ0) is 15.8. The van der Waals surface area contributed by atoms with Gasteiger partial charge >= 0.3 is 6.18 Å². The molecule has 21 heavy (non-hydrogen) atoms. The number of hydrogen-bond donors (Lipinski definition) is 1. The molecule has 0 aliphatic carbocycles. The summed E-state index contributed by atoms with van der Waals surface area (Å²) in [7, 11) is -3.96. The van der Waals surface area contributed by atoms with Crippen LogP contribution in [0.1, 0.15) is 11.4 Å². The normalized spacial score (nSPS) is 12.1. The first kappa shape index (κ1) is 14.9. The largest absolute Gasteiger partial charge is 0.436 e. The number of aromatic nitrogens is 3. The van der Waals surface area contributed by atoms with Gasteiger partial charge in [-0.25, -0.2) is 18.2 Å². The highest BCUT2D eigenvalue weighted by Crippen LogP contribution is 2.32. The molecule has 0 aliphatic heterocycles. The van der Waals surface area contributed by atoms with Crippen LogP contribution in [0.4, 0.5) is 13.2 Å². The lowest BCUT2D eigenvalue weighted by molar-refractivity contribution is -0.143. The fraction of sp³-hybridized carbons (Fsp3) is 0.100. The van der Waals surface area contributed by atoms with Crippen molar-refractivity contribution in [3.05, 3.63) is 35.7 Å². The minimum absolute atomic E-state index is 0.108. The molecule has 0 saturated carbocycles. The number of nitrogens with two attached hydrogens (primary N) is 1. The van der Waals surface area contributed by atoms with Crippen LogP contribution < -0.4 is 5.14 Å². The number of sulfonamides is 1. The first-order chi connectivity index (χ1) is 9.64. The Kier molecular flexibility index (Phi) is 3.44. The molecular formula is C10H6F3N5O2S. The van der Waals surface area contributed by atoms with E-state index in [1.54, 1.807) is 0 Å². The van der Waals surface area contributed by atoms with Gasteiger partial charge in [0, 0.05) is 0 Å². The minimum Gasteiger partial charge on any atom is -0.225 e. The maximum atomic E-state index is 12.9. The van der Waals surface area contributed by atoms with Crippen LogP contribution >= 0.6 is 0 Å². The van der Waals surface area contributed by atoms with Crippen molar-refractivity contribution in [3.63, 3.8) is 0 Å². The number of halogens is 3. The molecular weight excluding hydrogens is 311 g/mol. The van der Waals surface area contributed by atoms with E-state index in [1.807, 2.05) is 0 Å². The van der Waals surface area contributed by atoms with Crippen molar-refractivity contribution < 1.29 is 21.6 Å². The average Bonchev–Trinajstić information content (AvgIpc) is 2.81. The zero-order valence-corrected chi connectivity index (χ0v) is 10.9. The molecule has 0 radical (unpaired) electrons. The third kappa shape index (κ3) is 2.86. The number of nitrogens with zero attached hydrogens (tertiary/aromatic N) is 4. The van der Waals surface area contributed by atoms with E-state index < -0.39 is 27.6 Å². The topological polar surface area (TPSA) is 115 Å². The third-order valence-corrected chi connectivity index (χ3v) is 3.38. The van der Waals surface area contributed by atoms with Crippen molar-refractivity contribution in [1.29, 1.82) is 5.26 Å². The summed E-state index contributed by atoms with van der Waals surface area (Å²) in [5.74, 6) is 0. The van der Waals surface area contributed by atoms with Crippen molar-refractivity contribution in [2.45, 2.75) is 11.1 Å². The lowest BCUT2D eigenvalue weighted by atomic mass is 10.3. The second-order valence-electron chi connectivity index (χ2n) is 3.85. The van der Waals surface area contributed by atoms with E-state index in [0.717, 1.165) is 24.3 Å². The molecule has 1 aromatic carbocycles. The van der Waals surface area contributed by atoms with Crippen molar-refractivity contribution in [2.24, 2.45) is 5.14 Å². The van der Waals surface area contributed by atoms with Crippen LogP contribution in [0, 0.1) is 11.3 Å². The molecule has 2 aromatic rings. The Bertz CT molecular complexity index is 818. The monoisotopic (exact) mass is 317 g/mol. The summed E-state index contributed by atoms with van der Waals surface area (Å²) in [4.78, 5) is -0.263. The second kappa shape index (κ2) is 4.83. The summed E-state index contributed by atoms with van der Waals surface area (Å²) in [5.41, 5.74) is -2.32. The predicted octanol–water partition coefficient (Wildman–Crippen LogP) is 0.805. The molecule has 11 heteroatoms. The molecule has 0 aliphatic rings. The van der Waals surface area contributed by atoms with E-state index in [2.05, 4.69) is 10.3 Å². The molecule has 2 rings (SSSR count). The highest BCUT2D eigenvalue weighted by Gasteiger charge is 2.40. The summed E-state index contributed by atoms with van der Waals surface area (Å²) < 4.78 is 61.3. The maximum Gasteiger partial charge on any atom is 0.436 e. The summed E-state index contributed by atoms with van der Waals surface area (Å²) in [5, 5.41) is 19.9. The zero-order valence-electron chi connectivity index (χ0n) is 10.0. The van der Waals surface area contributed by atoms with Gasteiger partial charge in [-0.2, -0.15) is 18.4 Å². The van der Waals surface area contributed by atoms with E-state index in [-0.39, 0.29) is 10.6 Å². The lowest BCUT2D eigenvalue weighted by Gasteiger charge is -2.09. The van der Waals surface area contributed by atoms with E-state index in [4.69, 9.17) is 10.4 Å². The number of hydrogen-bond acceptors (Lipinski definition) is 5. The van der Waals surface area contributed by atoms with Gasteiger partial charge in [0.15, 0.2) is 11.4 Å². The van der Waals surface area contributed by atoms with Crippen molar-refractivity contribution >= 4 is 10.0 Å². The smallest absolute Gasteiger partial charge is 0.225 e. The first-order valence-corrected chi connectivity index (χ1v) is 6.75. The van der Waals surface area contributed by atoms with Crippen molar-refractivity contribution in [2.75, 3.05) is 0 Å². The maximum absolute atomic E-state index is 12.9. The van der Waals surface area contributed by atoms with Crippen LogP contribution in [0.2, 0.25) is 0 Å². The standard InChI is InChI=1S/C10H6F3N5O2S/c11-10(12,13)9-8(5-14)16-17-18(9)6-1-3-7(4-2-6)21(15,19)20/h1-4H,(H2,15,19,20). The number of nitriles is 1. The fourth-order valence-corrected chi connectivity index (χ4v) is 2.08. The van der Waals surface area contributed by atoms with Crippen molar-refractivity contribution in [3.8, 4) is 11.8 Å². The number of rotatable bonds is 2. The Morgan fingerprint density at radius 1 is 1.24 bits per heavy atom. The highest BCUT2D eigenvalue weighted by atomic mass is 32.2. The summed E-state index contributed by atoms with van der Waals surface area (Å²) in [6, 6.07) is 5.50. The van der Waals surface area contributed by atoms with Crippen LogP contribution in [-0.2, 0) is 16.2 Å². The molecule has 2 N–H and O–H groups in total. The fourth-order valence-electron chi connectivity index (χ4n) is 1.57. The molecule has 0 spiro atoms. The average molecular weight is 317 g/mol. The van der Waals surface area contributed by atoms with Crippen molar-refractivity contribution in [1.82, 2.24) is 15.0 Å². The van der Waals surface area contributed by atoms with Gasteiger partial charge in [0.1, 0.15) is 6.07 Å². The van der Waals surface area contributed by atoms with Gasteiger partial charge in [0.25, 0.3) is 0 Å². The number of benzene rings is 1. The molecule has 0 unspecified atom stereocenters. The quantitative estimate of drug-likeness (QED) is 0.880. The molecule has 1 heterocycles. The van der Waals surface area contributed by atoms with Gasteiger partial charge in [-0.1, -0.05) is 5.21 Å². The van der Waals surface area contributed by atoms with Gasteiger partial charge in [-0.15, -0.1) is 5.10 Å². The van der Waals surface area contributed by atoms with E-state index in [0.29, 0.717) is 4.68 Å².